The quantitative estimate of drug-likeness (QED) is 0.287. The summed E-state index contributed by atoms with van der Waals surface area (Å²) >= 11 is 0. The maximum absolute atomic E-state index is 12.2. The van der Waals surface area contributed by atoms with Crippen LogP contribution in [-0.4, -0.2) is 54.2 Å². The van der Waals surface area contributed by atoms with Crippen molar-refractivity contribution in [2.75, 3.05) is 27.3 Å². The fourth-order valence-electron chi connectivity index (χ4n) is 2.70. The van der Waals surface area contributed by atoms with Crippen molar-refractivity contribution in [1.82, 2.24) is 20.8 Å². The van der Waals surface area contributed by atoms with Crippen molar-refractivity contribution in [3.8, 4) is 22.9 Å². The molecular weight excluding hydrogens is 422 g/mol. The molecule has 0 radical (unpaired) electrons. The fourth-order valence-corrected chi connectivity index (χ4v) is 2.70. The second kappa shape index (κ2) is 10.0. The molecule has 2 amide bonds. The van der Waals surface area contributed by atoms with Gasteiger partial charge in [-0.15, -0.1) is 0 Å². The summed E-state index contributed by atoms with van der Waals surface area (Å²) in [6, 6.07) is 10.3. The van der Waals surface area contributed by atoms with Gasteiger partial charge in [-0.3, -0.25) is 19.7 Å². The van der Waals surface area contributed by atoms with Gasteiger partial charge in [0.25, 0.3) is 11.6 Å². The molecule has 3 aromatic rings. The number of amides is 2. The molecule has 0 bridgehead atoms. The lowest BCUT2D eigenvalue weighted by Gasteiger charge is -2.07. The van der Waals surface area contributed by atoms with Gasteiger partial charge in [-0.1, -0.05) is 11.2 Å². The topological polar surface area (TPSA) is 159 Å². The summed E-state index contributed by atoms with van der Waals surface area (Å²) < 4.78 is 15.4. The van der Waals surface area contributed by atoms with E-state index in [0.29, 0.717) is 17.1 Å². The van der Waals surface area contributed by atoms with Crippen molar-refractivity contribution < 1.29 is 28.5 Å². The number of methoxy groups -OCH3 is 2. The second-order valence-electron chi connectivity index (χ2n) is 6.31. The van der Waals surface area contributed by atoms with Crippen LogP contribution in [0.2, 0.25) is 0 Å². The molecule has 1 heterocycles. The van der Waals surface area contributed by atoms with Crippen LogP contribution in [-0.2, 0) is 0 Å². The Labute approximate surface area is 181 Å². The SMILES string of the molecule is COc1ccc(-c2noc(C(=O)NCCNC(=O)c3cccc([N+](=O)[O-])c3)n2)cc1OC. The summed E-state index contributed by atoms with van der Waals surface area (Å²) in [6.07, 6.45) is 0. The Morgan fingerprint density at radius 1 is 1.03 bits per heavy atom. The van der Waals surface area contributed by atoms with Gasteiger partial charge in [-0.25, -0.2) is 0 Å². The molecule has 0 saturated heterocycles. The van der Waals surface area contributed by atoms with Gasteiger partial charge < -0.3 is 24.6 Å². The summed E-state index contributed by atoms with van der Waals surface area (Å²) in [4.78, 5) is 38.6. The summed E-state index contributed by atoms with van der Waals surface area (Å²) in [7, 11) is 3.01. The Morgan fingerprint density at radius 3 is 2.44 bits per heavy atom. The minimum atomic E-state index is -0.617. The van der Waals surface area contributed by atoms with E-state index in [4.69, 9.17) is 14.0 Å². The Hall–Kier alpha value is -4.48. The molecule has 2 aromatic carbocycles. The molecule has 2 N–H and O–H groups in total. The number of aromatic nitrogens is 2. The van der Waals surface area contributed by atoms with E-state index in [1.807, 2.05) is 0 Å². The largest absolute Gasteiger partial charge is 0.493 e. The number of nitro groups is 1. The molecule has 12 nitrogen and oxygen atoms in total. The van der Waals surface area contributed by atoms with Gasteiger partial charge in [-0.05, 0) is 24.3 Å². The van der Waals surface area contributed by atoms with Crippen LogP contribution in [0.15, 0.2) is 47.0 Å². The van der Waals surface area contributed by atoms with Gasteiger partial charge in [0.1, 0.15) is 0 Å². The highest BCUT2D eigenvalue weighted by molar-refractivity contribution is 5.95. The molecule has 0 unspecified atom stereocenters. The molecule has 0 fully saturated rings. The van der Waals surface area contributed by atoms with Crippen LogP contribution in [0.4, 0.5) is 5.69 Å². The monoisotopic (exact) mass is 441 g/mol. The number of nitro benzene ring substituents is 1. The van der Waals surface area contributed by atoms with Crippen LogP contribution in [0, 0.1) is 10.1 Å². The Morgan fingerprint density at radius 2 is 1.75 bits per heavy atom. The Bertz CT molecular complexity index is 1140. The zero-order chi connectivity index (χ0) is 23.1. The van der Waals surface area contributed by atoms with E-state index < -0.39 is 16.7 Å². The van der Waals surface area contributed by atoms with Crippen LogP contribution in [0.3, 0.4) is 0 Å². The first kappa shape index (κ1) is 22.2. The van der Waals surface area contributed by atoms with Crippen molar-refractivity contribution in [3.63, 3.8) is 0 Å². The standard InChI is InChI=1S/C20H19N5O7/c1-30-15-7-6-12(11-16(15)31-2)17-23-20(32-24-17)19(27)22-9-8-21-18(26)13-4-3-5-14(10-13)25(28)29/h3-7,10-11H,8-9H2,1-2H3,(H,21,26)(H,22,27). The number of rotatable bonds is 9. The molecule has 3 rings (SSSR count). The van der Waals surface area contributed by atoms with E-state index in [2.05, 4.69) is 20.8 Å². The third kappa shape index (κ3) is 5.16. The number of carbonyl (C=O) groups is 2. The smallest absolute Gasteiger partial charge is 0.316 e. The molecule has 166 valence electrons. The summed E-state index contributed by atoms with van der Waals surface area (Å²) in [6.45, 7) is 0.164. The maximum Gasteiger partial charge on any atom is 0.316 e. The predicted octanol–water partition coefficient (Wildman–Crippen LogP) is 1.82. The highest BCUT2D eigenvalue weighted by atomic mass is 16.6. The summed E-state index contributed by atoms with van der Waals surface area (Å²) in [5.74, 6) is -0.176. The number of ether oxygens (including phenoxy) is 2. The third-order valence-corrected chi connectivity index (χ3v) is 4.28. The third-order valence-electron chi connectivity index (χ3n) is 4.28. The van der Waals surface area contributed by atoms with Gasteiger partial charge in [0.05, 0.1) is 19.1 Å². The molecule has 0 aliphatic rings. The van der Waals surface area contributed by atoms with E-state index in [9.17, 15) is 19.7 Å². The predicted molar refractivity (Wildman–Crippen MR) is 111 cm³/mol. The minimum absolute atomic E-state index is 0.0770. The number of carbonyl (C=O) groups excluding carboxylic acids is 2. The van der Waals surface area contributed by atoms with Gasteiger partial charge >= 0.3 is 11.8 Å². The molecule has 0 saturated carbocycles. The summed E-state index contributed by atoms with van der Waals surface area (Å²) in [5, 5.41) is 19.7. The normalized spacial score (nSPS) is 10.3. The summed E-state index contributed by atoms with van der Waals surface area (Å²) in [5.41, 5.74) is 0.518. The molecule has 0 aliphatic carbocycles. The molecule has 32 heavy (non-hydrogen) atoms. The van der Waals surface area contributed by atoms with Crippen LogP contribution < -0.4 is 20.1 Å². The molecule has 0 spiro atoms. The Kier molecular flexibility index (Phi) is 6.95. The first-order chi connectivity index (χ1) is 15.4. The number of nitrogens with one attached hydrogen (secondary N) is 2. The van der Waals surface area contributed by atoms with E-state index in [-0.39, 0.29) is 36.1 Å². The van der Waals surface area contributed by atoms with Crippen LogP contribution in [0.25, 0.3) is 11.4 Å². The van der Waals surface area contributed by atoms with Crippen LogP contribution in [0.1, 0.15) is 21.0 Å². The number of nitrogens with zero attached hydrogens (tertiary/aromatic N) is 3. The van der Waals surface area contributed by atoms with Crippen molar-refractivity contribution in [2.24, 2.45) is 0 Å². The van der Waals surface area contributed by atoms with Crippen molar-refractivity contribution >= 4 is 17.5 Å². The lowest BCUT2D eigenvalue weighted by atomic mass is 10.2. The highest BCUT2D eigenvalue weighted by Crippen LogP contribution is 2.31. The Balaban J connectivity index is 1.53. The van der Waals surface area contributed by atoms with E-state index in [1.165, 1.54) is 38.5 Å². The van der Waals surface area contributed by atoms with Gasteiger partial charge in [0.2, 0.25) is 5.82 Å². The fraction of sp³-hybridized carbons (Fsp3) is 0.200. The zero-order valence-electron chi connectivity index (χ0n) is 17.2. The molecule has 0 aliphatic heterocycles. The van der Waals surface area contributed by atoms with Crippen LogP contribution in [0.5, 0.6) is 11.5 Å². The van der Waals surface area contributed by atoms with Gasteiger partial charge in [-0.2, -0.15) is 4.98 Å². The van der Waals surface area contributed by atoms with E-state index in [0.717, 1.165) is 0 Å². The number of non-ortho nitro benzene ring substituents is 1. The van der Waals surface area contributed by atoms with E-state index in [1.54, 1.807) is 18.2 Å². The number of hydrogen-bond donors (Lipinski definition) is 2. The second-order valence-corrected chi connectivity index (χ2v) is 6.31. The van der Waals surface area contributed by atoms with Crippen LogP contribution >= 0.6 is 0 Å². The minimum Gasteiger partial charge on any atom is -0.493 e. The van der Waals surface area contributed by atoms with Crippen molar-refractivity contribution in [1.29, 1.82) is 0 Å². The zero-order valence-corrected chi connectivity index (χ0v) is 17.2. The highest BCUT2D eigenvalue weighted by Gasteiger charge is 2.17. The maximum atomic E-state index is 12.2. The molecule has 12 heteroatoms. The van der Waals surface area contributed by atoms with Gasteiger partial charge in [0, 0.05) is 36.3 Å². The molecule has 1 aromatic heterocycles. The first-order valence-corrected chi connectivity index (χ1v) is 9.30. The van der Waals surface area contributed by atoms with Gasteiger partial charge in [0.15, 0.2) is 11.5 Å². The van der Waals surface area contributed by atoms with E-state index >= 15 is 0 Å². The first-order valence-electron chi connectivity index (χ1n) is 9.30. The number of hydrogen-bond acceptors (Lipinski definition) is 9. The van der Waals surface area contributed by atoms with Crippen molar-refractivity contribution in [2.45, 2.75) is 0 Å². The average molecular weight is 441 g/mol. The molecular formula is C20H19N5O7. The number of benzene rings is 2. The van der Waals surface area contributed by atoms with Crippen molar-refractivity contribution in [3.05, 3.63) is 64.0 Å². The molecule has 0 atom stereocenters. The lowest BCUT2D eigenvalue weighted by molar-refractivity contribution is -0.384. The lowest BCUT2D eigenvalue weighted by Crippen LogP contribution is -2.34. The average Bonchev–Trinajstić information content (AvgIpc) is 3.31.